The highest BCUT2D eigenvalue weighted by Crippen LogP contribution is 2.36. The number of amides is 2. The minimum absolute atomic E-state index is 0.151. The molecule has 1 aromatic heterocycles. The summed E-state index contributed by atoms with van der Waals surface area (Å²) in [5.74, 6) is 0.316. The largest absolute Gasteiger partial charge is 0.474 e. The number of ether oxygens (including phenoxy) is 1. The SMILES string of the molecule is CC1(C)Oc2ccc(N)nc2N(CC(=O)NCc2ccccc2)C1=O. The van der Waals surface area contributed by atoms with Crippen LogP contribution in [0.3, 0.4) is 0 Å². The van der Waals surface area contributed by atoms with Gasteiger partial charge in [-0.3, -0.25) is 14.5 Å². The minimum atomic E-state index is -1.08. The van der Waals surface area contributed by atoms with Gasteiger partial charge >= 0.3 is 0 Å². The van der Waals surface area contributed by atoms with E-state index in [-0.39, 0.29) is 30.0 Å². The van der Waals surface area contributed by atoms with E-state index in [0.717, 1.165) is 5.56 Å². The first-order chi connectivity index (χ1) is 11.9. The highest BCUT2D eigenvalue weighted by atomic mass is 16.5. The van der Waals surface area contributed by atoms with Crippen molar-refractivity contribution in [3.8, 4) is 5.75 Å². The molecule has 0 fully saturated rings. The number of nitrogens with zero attached hydrogens (tertiary/aromatic N) is 2. The molecule has 130 valence electrons. The number of nitrogens with two attached hydrogens (primary N) is 1. The van der Waals surface area contributed by atoms with Gasteiger partial charge in [0.25, 0.3) is 5.91 Å². The summed E-state index contributed by atoms with van der Waals surface area (Å²) in [4.78, 5) is 30.5. The fourth-order valence-electron chi connectivity index (χ4n) is 2.61. The molecule has 0 radical (unpaired) electrons. The Kier molecular flexibility index (Phi) is 4.31. The molecular formula is C18H20N4O3. The lowest BCUT2D eigenvalue weighted by Gasteiger charge is -2.37. The molecule has 2 aromatic rings. The van der Waals surface area contributed by atoms with Crippen LogP contribution in [0.1, 0.15) is 19.4 Å². The smallest absolute Gasteiger partial charge is 0.272 e. The van der Waals surface area contributed by atoms with Crippen molar-refractivity contribution in [2.45, 2.75) is 26.0 Å². The van der Waals surface area contributed by atoms with Crippen LogP contribution < -0.4 is 20.7 Å². The maximum atomic E-state index is 12.7. The van der Waals surface area contributed by atoms with Crippen molar-refractivity contribution in [1.29, 1.82) is 0 Å². The quantitative estimate of drug-likeness (QED) is 0.879. The van der Waals surface area contributed by atoms with Crippen LogP contribution in [0.5, 0.6) is 5.75 Å². The van der Waals surface area contributed by atoms with Crippen LogP contribution in [-0.4, -0.2) is 28.9 Å². The number of benzene rings is 1. The molecule has 3 N–H and O–H groups in total. The number of fused-ring (bicyclic) bond motifs is 1. The molecule has 0 saturated heterocycles. The molecule has 25 heavy (non-hydrogen) atoms. The number of aromatic nitrogens is 1. The molecule has 0 unspecified atom stereocenters. The van der Waals surface area contributed by atoms with Gasteiger partial charge in [0.15, 0.2) is 17.2 Å². The van der Waals surface area contributed by atoms with Crippen molar-refractivity contribution in [2.24, 2.45) is 0 Å². The van der Waals surface area contributed by atoms with Crippen molar-refractivity contribution in [2.75, 3.05) is 17.2 Å². The molecule has 7 nitrogen and oxygen atoms in total. The van der Waals surface area contributed by atoms with Crippen molar-refractivity contribution in [3.63, 3.8) is 0 Å². The van der Waals surface area contributed by atoms with Gasteiger partial charge in [0.05, 0.1) is 0 Å². The highest BCUT2D eigenvalue weighted by Gasteiger charge is 2.42. The predicted molar refractivity (Wildman–Crippen MR) is 94.0 cm³/mol. The van der Waals surface area contributed by atoms with Crippen LogP contribution in [0, 0.1) is 0 Å². The lowest BCUT2D eigenvalue weighted by atomic mass is 10.1. The second-order valence-corrected chi connectivity index (χ2v) is 6.32. The highest BCUT2D eigenvalue weighted by molar-refractivity contribution is 6.05. The number of anilines is 2. The molecule has 2 heterocycles. The van der Waals surface area contributed by atoms with Crippen molar-refractivity contribution in [1.82, 2.24) is 10.3 Å². The Bertz CT molecular complexity index is 805. The summed E-state index contributed by atoms with van der Waals surface area (Å²) in [6, 6.07) is 12.8. The van der Waals surface area contributed by atoms with E-state index in [1.807, 2.05) is 30.3 Å². The Morgan fingerprint density at radius 1 is 1.24 bits per heavy atom. The Morgan fingerprint density at radius 2 is 1.96 bits per heavy atom. The van der Waals surface area contributed by atoms with Gasteiger partial charge in [-0.05, 0) is 31.5 Å². The van der Waals surface area contributed by atoms with Crippen molar-refractivity contribution >= 4 is 23.5 Å². The molecule has 0 saturated carbocycles. The van der Waals surface area contributed by atoms with Crippen LogP contribution in [0.15, 0.2) is 42.5 Å². The van der Waals surface area contributed by atoms with E-state index in [0.29, 0.717) is 12.3 Å². The fraction of sp³-hybridized carbons (Fsp3) is 0.278. The van der Waals surface area contributed by atoms with Crippen LogP contribution in [-0.2, 0) is 16.1 Å². The van der Waals surface area contributed by atoms with Gasteiger partial charge in [-0.25, -0.2) is 4.98 Å². The first kappa shape index (κ1) is 16.8. The standard InChI is InChI=1S/C18H20N4O3/c1-18(2)17(24)22(16-13(25-18)8-9-14(19)21-16)11-15(23)20-10-12-6-4-3-5-7-12/h3-9H,10-11H2,1-2H3,(H2,19,21)(H,20,23). The Labute approximate surface area is 145 Å². The molecular weight excluding hydrogens is 320 g/mol. The molecule has 1 aliphatic heterocycles. The number of rotatable bonds is 4. The number of nitrogens with one attached hydrogen (secondary N) is 1. The number of hydrogen-bond acceptors (Lipinski definition) is 5. The van der Waals surface area contributed by atoms with E-state index < -0.39 is 5.60 Å². The van der Waals surface area contributed by atoms with Gasteiger partial charge in [-0.2, -0.15) is 0 Å². The zero-order valence-electron chi connectivity index (χ0n) is 14.2. The van der Waals surface area contributed by atoms with E-state index in [2.05, 4.69) is 10.3 Å². The average molecular weight is 340 g/mol. The third kappa shape index (κ3) is 3.55. The second kappa shape index (κ2) is 6.43. The van der Waals surface area contributed by atoms with E-state index in [1.54, 1.807) is 26.0 Å². The van der Waals surface area contributed by atoms with Gasteiger partial charge in [-0.1, -0.05) is 30.3 Å². The molecule has 1 aromatic carbocycles. The lowest BCUT2D eigenvalue weighted by molar-refractivity contribution is -0.134. The Morgan fingerprint density at radius 3 is 2.68 bits per heavy atom. The van der Waals surface area contributed by atoms with Gasteiger partial charge in [-0.15, -0.1) is 0 Å². The van der Waals surface area contributed by atoms with E-state index in [9.17, 15) is 9.59 Å². The Hall–Kier alpha value is -3.09. The topological polar surface area (TPSA) is 97.6 Å². The molecule has 7 heteroatoms. The zero-order valence-corrected chi connectivity index (χ0v) is 14.2. The molecule has 0 bridgehead atoms. The summed E-state index contributed by atoms with van der Waals surface area (Å²) in [6.45, 7) is 3.55. The van der Waals surface area contributed by atoms with Gasteiger partial charge in [0.1, 0.15) is 12.4 Å². The van der Waals surface area contributed by atoms with E-state index >= 15 is 0 Å². The van der Waals surface area contributed by atoms with Crippen LogP contribution in [0.4, 0.5) is 11.6 Å². The monoisotopic (exact) mass is 340 g/mol. The van der Waals surface area contributed by atoms with Crippen LogP contribution in [0.2, 0.25) is 0 Å². The molecule has 0 spiro atoms. The number of carbonyl (C=O) groups excluding carboxylic acids is 2. The first-order valence-corrected chi connectivity index (χ1v) is 7.95. The first-order valence-electron chi connectivity index (χ1n) is 7.95. The Balaban J connectivity index is 1.77. The molecule has 1 aliphatic rings. The fourth-order valence-corrected chi connectivity index (χ4v) is 2.61. The van der Waals surface area contributed by atoms with Gasteiger partial charge in [0.2, 0.25) is 5.91 Å². The summed E-state index contributed by atoms with van der Waals surface area (Å²) in [5, 5.41) is 2.81. The number of pyridine rings is 1. The maximum Gasteiger partial charge on any atom is 0.272 e. The number of carbonyl (C=O) groups is 2. The normalized spacial score (nSPS) is 15.3. The number of hydrogen-bond donors (Lipinski definition) is 2. The summed E-state index contributed by atoms with van der Waals surface area (Å²) < 4.78 is 5.69. The maximum absolute atomic E-state index is 12.7. The summed E-state index contributed by atoms with van der Waals surface area (Å²) in [7, 11) is 0. The summed E-state index contributed by atoms with van der Waals surface area (Å²) in [5.41, 5.74) is 5.62. The summed E-state index contributed by atoms with van der Waals surface area (Å²) >= 11 is 0. The predicted octanol–water partition coefficient (Wildman–Crippen LogP) is 1.48. The van der Waals surface area contributed by atoms with Crippen LogP contribution in [0.25, 0.3) is 0 Å². The van der Waals surface area contributed by atoms with Crippen LogP contribution >= 0.6 is 0 Å². The van der Waals surface area contributed by atoms with Gasteiger partial charge in [0, 0.05) is 6.54 Å². The van der Waals surface area contributed by atoms with Gasteiger partial charge < -0.3 is 15.8 Å². The molecule has 3 rings (SSSR count). The molecule has 0 atom stereocenters. The van der Waals surface area contributed by atoms with Crippen molar-refractivity contribution in [3.05, 3.63) is 48.0 Å². The van der Waals surface area contributed by atoms with E-state index in [1.165, 1.54) is 4.90 Å². The lowest BCUT2D eigenvalue weighted by Crippen LogP contribution is -2.55. The third-order valence-corrected chi connectivity index (χ3v) is 3.88. The second-order valence-electron chi connectivity index (χ2n) is 6.32. The van der Waals surface area contributed by atoms with E-state index in [4.69, 9.17) is 10.5 Å². The average Bonchev–Trinajstić information content (AvgIpc) is 2.59. The third-order valence-electron chi connectivity index (χ3n) is 3.88. The van der Waals surface area contributed by atoms with Crippen molar-refractivity contribution < 1.29 is 14.3 Å². The molecule has 0 aliphatic carbocycles. The number of nitrogen functional groups attached to an aromatic ring is 1. The summed E-state index contributed by atoms with van der Waals surface area (Å²) in [6.07, 6.45) is 0. The zero-order chi connectivity index (χ0) is 18.0. The molecule has 2 amide bonds. The minimum Gasteiger partial charge on any atom is -0.474 e.